The Hall–Kier alpha value is -1.93. The van der Waals surface area contributed by atoms with E-state index in [1.165, 1.54) is 9.13 Å². The average Bonchev–Trinajstić information content (AvgIpc) is 2.91. The minimum atomic E-state index is -0.309. The quantitative estimate of drug-likeness (QED) is 0.762. The third-order valence-electron chi connectivity index (χ3n) is 4.38. The summed E-state index contributed by atoms with van der Waals surface area (Å²) in [5, 5.41) is 0. The van der Waals surface area contributed by atoms with Crippen LogP contribution in [-0.4, -0.2) is 55.9 Å². The van der Waals surface area contributed by atoms with Crippen molar-refractivity contribution in [3.05, 3.63) is 27.2 Å². The van der Waals surface area contributed by atoms with Crippen LogP contribution >= 0.6 is 0 Å². The molecule has 1 saturated heterocycles. The molecule has 2 aromatic heterocycles. The first-order chi connectivity index (χ1) is 11.0. The average molecular weight is 321 g/mol. The molecule has 0 amide bonds. The van der Waals surface area contributed by atoms with Crippen molar-refractivity contribution >= 4 is 11.2 Å². The van der Waals surface area contributed by atoms with E-state index in [9.17, 15) is 9.59 Å². The number of nitrogens with zero attached hydrogens (tertiary/aromatic N) is 5. The summed E-state index contributed by atoms with van der Waals surface area (Å²) >= 11 is 0. The highest BCUT2D eigenvalue weighted by Crippen LogP contribution is 2.06. The Morgan fingerprint density at radius 2 is 2.09 bits per heavy atom. The first-order valence-electron chi connectivity index (χ1n) is 7.94. The summed E-state index contributed by atoms with van der Waals surface area (Å²) in [7, 11) is 3.41. The topological polar surface area (TPSA) is 74.3 Å². The van der Waals surface area contributed by atoms with E-state index in [1.54, 1.807) is 25.0 Å². The largest absolute Gasteiger partial charge is 0.376 e. The molecule has 2 aromatic rings. The van der Waals surface area contributed by atoms with Crippen LogP contribution in [0.5, 0.6) is 0 Å². The van der Waals surface area contributed by atoms with Crippen molar-refractivity contribution in [3.8, 4) is 0 Å². The Morgan fingerprint density at radius 1 is 1.30 bits per heavy atom. The lowest BCUT2D eigenvalue weighted by atomic mass is 10.3. The highest BCUT2D eigenvalue weighted by atomic mass is 16.5. The van der Waals surface area contributed by atoms with Crippen LogP contribution in [0, 0.1) is 0 Å². The highest BCUT2D eigenvalue weighted by Gasteiger charge is 2.17. The van der Waals surface area contributed by atoms with Gasteiger partial charge in [-0.3, -0.25) is 18.8 Å². The Morgan fingerprint density at radius 3 is 2.83 bits per heavy atom. The van der Waals surface area contributed by atoms with E-state index >= 15 is 0 Å². The zero-order chi connectivity index (χ0) is 16.6. The van der Waals surface area contributed by atoms with E-state index in [0.717, 1.165) is 32.7 Å². The number of ether oxygens (including phenoxy) is 1. The van der Waals surface area contributed by atoms with Gasteiger partial charge in [0, 0.05) is 40.3 Å². The van der Waals surface area contributed by atoms with Gasteiger partial charge >= 0.3 is 5.69 Å². The van der Waals surface area contributed by atoms with E-state index in [4.69, 9.17) is 4.74 Å². The lowest BCUT2D eigenvalue weighted by Crippen LogP contribution is -2.43. The second-order valence-corrected chi connectivity index (χ2v) is 6.16. The van der Waals surface area contributed by atoms with Crippen molar-refractivity contribution in [1.82, 2.24) is 23.6 Å². The van der Waals surface area contributed by atoms with Gasteiger partial charge in [0.15, 0.2) is 11.2 Å². The number of aromatic nitrogens is 4. The molecule has 1 aliphatic rings. The fourth-order valence-corrected chi connectivity index (χ4v) is 3.14. The molecular formula is C15H23N5O3. The molecule has 1 aliphatic heterocycles. The molecule has 0 bridgehead atoms. The van der Waals surface area contributed by atoms with Crippen LogP contribution in [0.1, 0.15) is 13.3 Å². The van der Waals surface area contributed by atoms with Gasteiger partial charge in [-0.25, -0.2) is 9.78 Å². The molecule has 3 heterocycles. The van der Waals surface area contributed by atoms with Gasteiger partial charge in [0.2, 0.25) is 0 Å². The van der Waals surface area contributed by atoms with Crippen molar-refractivity contribution < 1.29 is 4.74 Å². The summed E-state index contributed by atoms with van der Waals surface area (Å²) in [5.41, 5.74) is 0.322. The van der Waals surface area contributed by atoms with Gasteiger partial charge in [-0.2, -0.15) is 0 Å². The van der Waals surface area contributed by atoms with Gasteiger partial charge < -0.3 is 9.30 Å². The summed E-state index contributed by atoms with van der Waals surface area (Å²) in [4.78, 5) is 31.4. The SMILES string of the molecule is C[C@@H]1CN(CCCn2c(=O)c3c(ncn3C)n(C)c2=O)CCO1. The molecule has 8 nitrogen and oxygen atoms in total. The fourth-order valence-electron chi connectivity index (χ4n) is 3.14. The van der Waals surface area contributed by atoms with Crippen LogP contribution in [0.2, 0.25) is 0 Å². The van der Waals surface area contributed by atoms with E-state index < -0.39 is 0 Å². The number of morpholine rings is 1. The van der Waals surface area contributed by atoms with E-state index in [-0.39, 0.29) is 17.4 Å². The summed E-state index contributed by atoms with van der Waals surface area (Å²) in [6, 6.07) is 0. The Kier molecular flexibility index (Phi) is 4.36. The molecule has 0 spiro atoms. The maximum Gasteiger partial charge on any atom is 0.332 e. The zero-order valence-corrected chi connectivity index (χ0v) is 13.9. The van der Waals surface area contributed by atoms with E-state index in [1.807, 2.05) is 0 Å². The molecule has 126 valence electrons. The van der Waals surface area contributed by atoms with Crippen molar-refractivity contribution in [2.24, 2.45) is 14.1 Å². The summed E-state index contributed by atoms with van der Waals surface area (Å²) in [6.07, 6.45) is 2.56. The van der Waals surface area contributed by atoms with Crippen LogP contribution in [0.4, 0.5) is 0 Å². The third-order valence-corrected chi connectivity index (χ3v) is 4.38. The number of aryl methyl sites for hydroxylation is 2. The monoisotopic (exact) mass is 321 g/mol. The van der Waals surface area contributed by atoms with Crippen LogP contribution in [0.15, 0.2) is 15.9 Å². The number of hydrogen-bond donors (Lipinski definition) is 0. The normalized spacial score (nSPS) is 19.5. The van der Waals surface area contributed by atoms with Crippen LogP contribution < -0.4 is 11.2 Å². The maximum absolute atomic E-state index is 12.6. The Balaban J connectivity index is 1.79. The van der Waals surface area contributed by atoms with E-state index in [2.05, 4.69) is 16.8 Å². The first kappa shape index (κ1) is 15.9. The van der Waals surface area contributed by atoms with Gasteiger partial charge in [-0.15, -0.1) is 0 Å². The minimum Gasteiger partial charge on any atom is -0.376 e. The zero-order valence-electron chi connectivity index (χ0n) is 13.9. The van der Waals surface area contributed by atoms with Crippen LogP contribution in [0.25, 0.3) is 11.2 Å². The van der Waals surface area contributed by atoms with Crippen molar-refractivity contribution in [3.63, 3.8) is 0 Å². The lowest BCUT2D eigenvalue weighted by Gasteiger charge is -2.31. The molecule has 1 fully saturated rings. The molecule has 0 radical (unpaired) electrons. The second-order valence-electron chi connectivity index (χ2n) is 6.16. The standard InChI is InChI=1S/C15H23N5O3/c1-11-9-19(7-8-23-11)5-4-6-20-14(21)12-13(16-10-17(12)2)18(3)15(20)22/h10-11H,4-9H2,1-3H3/t11-/m1/s1. The van der Waals surface area contributed by atoms with E-state index in [0.29, 0.717) is 17.7 Å². The molecular weight excluding hydrogens is 298 g/mol. The smallest absolute Gasteiger partial charge is 0.332 e. The Bertz CT molecular complexity index is 819. The molecule has 8 heteroatoms. The van der Waals surface area contributed by atoms with Gasteiger partial charge in [-0.05, 0) is 13.3 Å². The predicted molar refractivity (Wildman–Crippen MR) is 86.7 cm³/mol. The van der Waals surface area contributed by atoms with Gasteiger partial charge in [0.1, 0.15) is 0 Å². The fraction of sp³-hybridized carbons (Fsp3) is 0.667. The lowest BCUT2D eigenvalue weighted by molar-refractivity contribution is -0.0187. The van der Waals surface area contributed by atoms with Gasteiger partial charge in [-0.1, -0.05) is 0 Å². The molecule has 23 heavy (non-hydrogen) atoms. The predicted octanol–water partition coefficient (Wildman–Crippen LogP) is -0.455. The van der Waals surface area contributed by atoms with Gasteiger partial charge in [0.25, 0.3) is 5.56 Å². The molecule has 0 aliphatic carbocycles. The summed E-state index contributed by atoms with van der Waals surface area (Å²) in [6.45, 7) is 5.86. The summed E-state index contributed by atoms with van der Waals surface area (Å²) < 4.78 is 9.93. The van der Waals surface area contributed by atoms with Crippen LogP contribution in [0.3, 0.4) is 0 Å². The third kappa shape index (κ3) is 2.96. The van der Waals surface area contributed by atoms with Crippen molar-refractivity contribution in [2.75, 3.05) is 26.2 Å². The second kappa shape index (κ2) is 6.29. The number of imidazole rings is 1. The molecule has 0 N–H and O–H groups in total. The highest BCUT2D eigenvalue weighted by molar-refractivity contribution is 5.69. The molecule has 0 unspecified atom stereocenters. The Labute approximate surface area is 133 Å². The minimum absolute atomic E-state index is 0.241. The molecule has 1 atom stereocenters. The van der Waals surface area contributed by atoms with Gasteiger partial charge in [0.05, 0.1) is 19.0 Å². The molecule has 0 saturated carbocycles. The van der Waals surface area contributed by atoms with Crippen LogP contribution in [-0.2, 0) is 25.4 Å². The first-order valence-corrected chi connectivity index (χ1v) is 7.94. The maximum atomic E-state index is 12.6. The van der Waals surface area contributed by atoms with Crippen molar-refractivity contribution in [1.29, 1.82) is 0 Å². The van der Waals surface area contributed by atoms with Crippen molar-refractivity contribution in [2.45, 2.75) is 26.0 Å². The summed E-state index contributed by atoms with van der Waals surface area (Å²) in [5.74, 6) is 0. The number of hydrogen-bond acceptors (Lipinski definition) is 5. The molecule has 3 rings (SSSR count). The number of rotatable bonds is 4. The molecule has 0 aromatic carbocycles. The number of fused-ring (bicyclic) bond motifs is 1.